The number of fused-ring (bicyclic) bond motifs is 4. The fourth-order valence-electron chi connectivity index (χ4n) is 6.46. The summed E-state index contributed by atoms with van der Waals surface area (Å²) in [4.78, 5) is 41.4. The molecule has 4 aliphatic rings. The van der Waals surface area contributed by atoms with E-state index in [0.717, 1.165) is 10.9 Å². The third kappa shape index (κ3) is 2.32. The maximum absolute atomic E-state index is 13.6. The molecule has 2 aromatic rings. The van der Waals surface area contributed by atoms with Crippen LogP contribution in [0, 0.1) is 5.92 Å². The predicted molar refractivity (Wildman–Crippen MR) is 112 cm³/mol. The number of carbonyl (C=O) groups is 3. The number of esters is 1. The highest BCUT2D eigenvalue weighted by Gasteiger charge is 2.72. The van der Waals surface area contributed by atoms with Gasteiger partial charge in [0.2, 0.25) is 5.91 Å². The molecule has 5 unspecified atom stereocenters. The second-order valence-corrected chi connectivity index (χ2v) is 9.07. The minimum absolute atomic E-state index is 0.0389. The van der Waals surface area contributed by atoms with Gasteiger partial charge in [0.05, 0.1) is 37.6 Å². The molecule has 2 N–H and O–H groups in total. The molecule has 1 amide bonds. The normalized spacial score (nSPS) is 31.8. The van der Waals surface area contributed by atoms with Crippen molar-refractivity contribution in [1.29, 1.82) is 0 Å². The third-order valence-electron chi connectivity index (χ3n) is 7.66. The minimum Gasteiger partial charge on any atom is -0.468 e. The lowest BCUT2D eigenvalue weighted by Crippen LogP contribution is -2.78. The molecule has 170 valence electrons. The number of hydrogen-bond acceptors (Lipinski definition) is 7. The van der Waals surface area contributed by atoms with Crippen molar-refractivity contribution in [3.63, 3.8) is 0 Å². The SMILES string of the molecule is COC(=O)n1c2c(c3ccccc31)CCN1C(=O)C3CC2(C(=O)OC)C1C(O)(C(C)O)C3. The quantitative estimate of drug-likeness (QED) is 0.665. The number of piperidine rings is 2. The second-order valence-electron chi connectivity index (χ2n) is 9.07. The molecule has 9 heteroatoms. The van der Waals surface area contributed by atoms with E-state index in [-0.39, 0.29) is 25.3 Å². The van der Waals surface area contributed by atoms with Crippen LogP contribution in [0.15, 0.2) is 24.3 Å². The number of rotatable bonds is 2. The molecule has 32 heavy (non-hydrogen) atoms. The Bertz CT molecular complexity index is 1150. The maximum atomic E-state index is 13.6. The Morgan fingerprint density at radius 2 is 1.91 bits per heavy atom. The number of aliphatic hydroxyl groups is 2. The molecule has 4 heterocycles. The standard InChI is InChI=1S/C23H26N2O7/c1-12(26)23(30)11-13-10-22(20(28)31-2)17-15(8-9-24(18(13)27)19(22)23)14-6-4-5-7-16(14)25(17)21(29)32-3/h4-7,12-13,19,26,30H,8-11H2,1-3H3. The summed E-state index contributed by atoms with van der Waals surface area (Å²) in [5, 5.41) is 23.1. The molecule has 2 saturated heterocycles. The molecule has 1 aromatic heterocycles. The van der Waals surface area contributed by atoms with Crippen LogP contribution in [0.5, 0.6) is 0 Å². The zero-order chi connectivity index (χ0) is 23.0. The van der Waals surface area contributed by atoms with Gasteiger partial charge in [0.1, 0.15) is 11.0 Å². The van der Waals surface area contributed by atoms with Crippen molar-refractivity contribution in [3.8, 4) is 0 Å². The van der Waals surface area contributed by atoms with Crippen LogP contribution in [-0.2, 0) is 30.9 Å². The molecule has 6 rings (SSSR count). The number of carbonyl (C=O) groups excluding carboxylic acids is 3. The van der Waals surface area contributed by atoms with Crippen LogP contribution in [-0.4, -0.2) is 76.2 Å². The Morgan fingerprint density at radius 3 is 2.56 bits per heavy atom. The number of para-hydroxylation sites is 1. The zero-order valence-corrected chi connectivity index (χ0v) is 18.2. The first-order valence-electron chi connectivity index (χ1n) is 10.7. The van der Waals surface area contributed by atoms with Crippen molar-refractivity contribution in [2.24, 2.45) is 5.92 Å². The number of aliphatic hydroxyl groups excluding tert-OH is 1. The molecule has 3 fully saturated rings. The number of nitrogens with zero attached hydrogens (tertiary/aromatic N) is 2. The number of amides is 1. The highest BCUT2D eigenvalue weighted by atomic mass is 16.5. The van der Waals surface area contributed by atoms with Gasteiger partial charge in [-0.2, -0.15) is 0 Å². The fourth-order valence-corrected chi connectivity index (χ4v) is 6.46. The lowest BCUT2D eigenvalue weighted by molar-refractivity contribution is -0.216. The van der Waals surface area contributed by atoms with Crippen molar-refractivity contribution in [1.82, 2.24) is 9.47 Å². The first-order chi connectivity index (χ1) is 15.2. The number of ether oxygens (including phenoxy) is 2. The van der Waals surface area contributed by atoms with Crippen LogP contribution in [0.3, 0.4) is 0 Å². The third-order valence-corrected chi connectivity index (χ3v) is 7.66. The summed E-state index contributed by atoms with van der Waals surface area (Å²) in [6, 6.07) is 6.19. The number of benzene rings is 1. The number of hydrogen-bond donors (Lipinski definition) is 2. The Balaban J connectivity index is 1.94. The first kappa shape index (κ1) is 21.0. The van der Waals surface area contributed by atoms with E-state index in [1.807, 2.05) is 12.1 Å². The summed E-state index contributed by atoms with van der Waals surface area (Å²) >= 11 is 0. The minimum atomic E-state index is -1.75. The molecule has 1 saturated carbocycles. The molecule has 0 radical (unpaired) electrons. The molecule has 1 aliphatic carbocycles. The smallest absolute Gasteiger partial charge is 0.418 e. The largest absolute Gasteiger partial charge is 0.468 e. The predicted octanol–water partition coefficient (Wildman–Crippen LogP) is 0.955. The van der Waals surface area contributed by atoms with Crippen molar-refractivity contribution in [2.75, 3.05) is 20.8 Å². The van der Waals surface area contributed by atoms with Gasteiger partial charge in [0.25, 0.3) is 0 Å². The molecule has 5 atom stereocenters. The summed E-state index contributed by atoms with van der Waals surface area (Å²) in [6.07, 6.45) is -1.39. The average Bonchev–Trinajstić information content (AvgIpc) is 3.05. The fraction of sp³-hybridized carbons (Fsp3) is 0.522. The molecule has 1 aromatic carbocycles. The highest BCUT2D eigenvalue weighted by molar-refractivity contribution is 6.00. The van der Waals surface area contributed by atoms with Crippen LogP contribution in [0.4, 0.5) is 4.79 Å². The van der Waals surface area contributed by atoms with Gasteiger partial charge in [-0.05, 0) is 37.8 Å². The molecular formula is C23H26N2O7. The summed E-state index contributed by atoms with van der Waals surface area (Å²) in [6.45, 7) is 1.70. The average molecular weight is 442 g/mol. The van der Waals surface area contributed by atoms with E-state index in [0.29, 0.717) is 17.6 Å². The summed E-state index contributed by atoms with van der Waals surface area (Å²) in [5.74, 6) is -1.51. The van der Waals surface area contributed by atoms with E-state index in [4.69, 9.17) is 9.47 Å². The van der Waals surface area contributed by atoms with Crippen LogP contribution in [0.2, 0.25) is 0 Å². The zero-order valence-electron chi connectivity index (χ0n) is 18.2. The molecule has 9 nitrogen and oxygen atoms in total. The van der Waals surface area contributed by atoms with Gasteiger partial charge >= 0.3 is 12.1 Å². The monoisotopic (exact) mass is 442 g/mol. The maximum Gasteiger partial charge on any atom is 0.418 e. The van der Waals surface area contributed by atoms with Crippen molar-refractivity contribution in [2.45, 2.75) is 49.3 Å². The number of aromatic nitrogens is 1. The molecule has 4 bridgehead atoms. The lowest BCUT2D eigenvalue weighted by atomic mass is 9.53. The van der Waals surface area contributed by atoms with Crippen molar-refractivity contribution < 1.29 is 34.1 Å². The molecule has 3 aliphatic heterocycles. The van der Waals surface area contributed by atoms with Crippen LogP contribution in [0.1, 0.15) is 31.0 Å². The van der Waals surface area contributed by atoms with Gasteiger partial charge in [-0.1, -0.05) is 18.2 Å². The van der Waals surface area contributed by atoms with Gasteiger partial charge in [0, 0.05) is 17.8 Å². The Labute approximate surface area is 184 Å². The molecular weight excluding hydrogens is 416 g/mol. The summed E-state index contributed by atoms with van der Waals surface area (Å²) in [5.41, 5.74) is -1.59. The van der Waals surface area contributed by atoms with Gasteiger partial charge in [0.15, 0.2) is 0 Å². The van der Waals surface area contributed by atoms with Gasteiger partial charge in [-0.15, -0.1) is 0 Å². The van der Waals surface area contributed by atoms with E-state index in [1.165, 1.54) is 30.6 Å². The molecule has 0 spiro atoms. The highest BCUT2D eigenvalue weighted by Crippen LogP contribution is 2.58. The van der Waals surface area contributed by atoms with E-state index in [1.54, 1.807) is 12.1 Å². The Morgan fingerprint density at radius 1 is 1.19 bits per heavy atom. The Kier molecular flexibility index (Phi) is 4.45. The van der Waals surface area contributed by atoms with E-state index < -0.39 is 41.1 Å². The van der Waals surface area contributed by atoms with Crippen LogP contribution in [0.25, 0.3) is 10.9 Å². The first-order valence-corrected chi connectivity index (χ1v) is 10.7. The van der Waals surface area contributed by atoms with E-state index >= 15 is 0 Å². The van der Waals surface area contributed by atoms with Crippen molar-refractivity contribution >= 4 is 28.9 Å². The van der Waals surface area contributed by atoms with Crippen LogP contribution >= 0.6 is 0 Å². The van der Waals surface area contributed by atoms with Crippen molar-refractivity contribution in [3.05, 3.63) is 35.5 Å². The second kappa shape index (κ2) is 6.79. The topological polar surface area (TPSA) is 118 Å². The van der Waals surface area contributed by atoms with Gasteiger partial charge in [-0.3, -0.25) is 9.59 Å². The van der Waals surface area contributed by atoms with E-state index in [9.17, 15) is 24.6 Å². The van der Waals surface area contributed by atoms with Gasteiger partial charge < -0.3 is 24.6 Å². The summed E-state index contributed by atoms with van der Waals surface area (Å²) in [7, 11) is 2.52. The number of methoxy groups -OCH3 is 2. The van der Waals surface area contributed by atoms with E-state index in [2.05, 4.69) is 0 Å². The lowest BCUT2D eigenvalue weighted by Gasteiger charge is -2.61. The summed E-state index contributed by atoms with van der Waals surface area (Å²) < 4.78 is 11.7. The van der Waals surface area contributed by atoms with Gasteiger partial charge in [-0.25, -0.2) is 9.36 Å². The Hall–Kier alpha value is -2.91. The van der Waals surface area contributed by atoms with Crippen LogP contribution < -0.4 is 0 Å².